The van der Waals surface area contributed by atoms with Crippen LogP contribution in [-0.4, -0.2) is 19.0 Å². The molecule has 1 aliphatic rings. The predicted molar refractivity (Wildman–Crippen MR) is 37.1 cm³/mol. The van der Waals surface area contributed by atoms with E-state index < -0.39 is 7.14 Å². The summed E-state index contributed by atoms with van der Waals surface area (Å²) < 4.78 is 18.6. The van der Waals surface area contributed by atoms with Gasteiger partial charge in [0.15, 0.2) is 0 Å². The van der Waals surface area contributed by atoms with Gasteiger partial charge in [-0.05, 0) is 19.5 Å². The van der Waals surface area contributed by atoms with E-state index in [1.165, 1.54) is 0 Å². The summed E-state index contributed by atoms with van der Waals surface area (Å²) in [6, 6.07) is 0. The normalized spacial score (nSPS) is 50.6. The van der Waals surface area contributed by atoms with E-state index in [1.807, 2.05) is 6.66 Å². The van der Waals surface area contributed by atoms with Crippen molar-refractivity contribution in [1.82, 2.24) is 0 Å². The monoisotopic (exact) mass is 133 g/mol. The van der Waals surface area contributed by atoms with Crippen molar-refractivity contribution in [2.24, 2.45) is 0 Å². The SMILES string of the molecule is [2H]C1CCP(C)(=O)CC1. The Labute approximate surface area is 52.3 Å². The van der Waals surface area contributed by atoms with Crippen LogP contribution in [0.15, 0.2) is 0 Å². The van der Waals surface area contributed by atoms with Crippen molar-refractivity contribution in [2.45, 2.75) is 19.2 Å². The fourth-order valence-electron chi connectivity index (χ4n) is 0.985. The van der Waals surface area contributed by atoms with Crippen LogP contribution in [0.4, 0.5) is 0 Å². The lowest BCUT2D eigenvalue weighted by Gasteiger charge is -2.17. The minimum Gasteiger partial charge on any atom is -0.324 e. The van der Waals surface area contributed by atoms with Crippen molar-refractivity contribution in [3.8, 4) is 0 Å². The van der Waals surface area contributed by atoms with Crippen molar-refractivity contribution in [2.75, 3.05) is 19.0 Å². The van der Waals surface area contributed by atoms with Crippen LogP contribution in [0.25, 0.3) is 0 Å². The molecule has 1 aliphatic heterocycles. The van der Waals surface area contributed by atoms with Gasteiger partial charge in [-0.3, -0.25) is 0 Å². The van der Waals surface area contributed by atoms with Crippen LogP contribution in [-0.2, 0) is 4.57 Å². The third-order valence-electron chi connectivity index (χ3n) is 1.61. The van der Waals surface area contributed by atoms with E-state index in [2.05, 4.69) is 0 Å². The van der Waals surface area contributed by atoms with Crippen molar-refractivity contribution in [3.05, 3.63) is 0 Å². The van der Waals surface area contributed by atoms with Gasteiger partial charge in [0.1, 0.15) is 0 Å². The van der Waals surface area contributed by atoms with Gasteiger partial charge in [0.05, 0.1) is 7.14 Å². The van der Waals surface area contributed by atoms with Gasteiger partial charge in [-0.2, -0.15) is 0 Å². The molecule has 0 saturated carbocycles. The molecule has 1 heterocycles. The van der Waals surface area contributed by atoms with Crippen LogP contribution >= 0.6 is 7.14 Å². The van der Waals surface area contributed by atoms with Crippen LogP contribution in [0.5, 0.6) is 0 Å². The average molecular weight is 133 g/mol. The molecule has 0 unspecified atom stereocenters. The molecule has 0 radical (unpaired) electrons. The lowest BCUT2D eigenvalue weighted by Crippen LogP contribution is -2.00. The van der Waals surface area contributed by atoms with E-state index in [4.69, 9.17) is 1.37 Å². The maximum Gasteiger partial charge on any atom is 0.0848 e. The van der Waals surface area contributed by atoms with E-state index in [9.17, 15) is 4.57 Å². The molecule has 0 atom stereocenters. The summed E-state index contributed by atoms with van der Waals surface area (Å²) in [4.78, 5) is 0. The van der Waals surface area contributed by atoms with Gasteiger partial charge >= 0.3 is 0 Å². The molecule has 8 heavy (non-hydrogen) atoms. The molecule has 0 aromatic carbocycles. The third-order valence-corrected chi connectivity index (χ3v) is 4.02. The third kappa shape index (κ3) is 1.63. The van der Waals surface area contributed by atoms with Crippen molar-refractivity contribution in [3.63, 3.8) is 0 Å². The molecule has 2 heteroatoms. The minimum absolute atomic E-state index is 0.0759. The summed E-state index contributed by atoms with van der Waals surface area (Å²) in [7, 11) is -1.74. The highest BCUT2D eigenvalue weighted by molar-refractivity contribution is 7.63. The molecule has 0 bridgehead atoms. The topological polar surface area (TPSA) is 17.1 Å². The molecule has 0 amide bonds. The second-order valence-corrected chi connectivity index (χ2v) is 6.10. The molecule has 0 N–H and O–H groups in total. The Balaban J connectivity index is 2.44. The summed E-state index contributed by atoms with van der Waals surface area (Å²) in [6.07, 6.45) is 3.40. The smallest absolute Gasteiger partial charge is 0.0848 e. The Kier molecular flexibility index (Phi) is 1.40. The number of hydrogen-bond donors (Lipinski definition) is 0. The van der Waals surface area contributed by atoms with Crippen molar-refractivity contribution in [1.29, 1.82) is 0 Å². The molecule has 48 valence electrons. The zero-order chi connectivity index (χ0) is 6.91. The molecule has 0 aromatic rings. The molecule has 1 rings (SSSR count). The Hall–Kier alpha value is 0.230. The summed E-state index contributed by atoms with van der Waals surface area (Å²) >= 11 is 0. The van der Waals surface area contributed by atoms with Crippen LogP contribution in [0.3, 0.4) is 0 Å². The van der Waals surface area contributed by atoms with Gasteiger partial charge < -0.3 is 4.57 Å². The van der Waals surface area contributed by atoms with E-state index >= 15 is 0 Å². The van der Waals surface area contributed by atoms with Gasteiger partial charge in [0.25, 0.3) is 0 Å². The Bertz CT molecular complexity index is 134. The molecule has 1 saturated heterocycles. The van der Waals surface area contributed by atoms with Gasteiger partial charge in [-0.1, -0.05) is 6.40 Å². The van der Waals surface area contributed by atoms with Gasteiger partial charge in [-0.15, -0.1) is 0 Å². The first kappa shape index (κ1) is 5.05. The Morgan fingerprint density at radius 1 is 1.50 bits per heavy atom. The van der Waals surface area contributed by atoms with E-state index in [1.54, 1.807) is 0 Å². The zero-order valence-electron chi connectivity index (χ0n) is 6.26. The van der Waals surface area contributed by atoms with Gasteiger partial charge in [0.2, 0.25) is 0 Å². The Morgan fingerprint density at radius 3 is 2.38 bits per heavy atom. The quantitative estimate of drug-likeness (QED) is 0.463. The highest BCUT2D eigenvalue weighted by Crippen LogP contribution is 2.46. The number of rotatable bonds is 0. The van der Waals surface area contributed by atoms with Crippen LogP contribution in [0, 0.1) is 0 Å². The van der Waals surface area contributed by atoms with Crippen molar-refractivity contribution < 1.29 is 5.94 Å². The summed E-state index contributed by atoms with van der Waals surface area (Å²) in [5.41, 5.74) is 0. The first-order chi connectivity index (χ1) is 4.10. The van der Waals surface area contributed by atoms with E-state index in [0.29, 0.717) is 0 Å². The van der Waals surface area contributed by atoms with Gasteiger partial charge in [-0.25, -0.2) is 0 Å². The number of hydrogen-bond acceptors (Lipinski definition) is 1. The lowest BCUT2D eigenvalue weighted by molar-refractivity contribution is 0.564. The first-order valence-corrected chi connectivity index (χ1v) is 5.60. The van der Waals surface area contributed by atoms with E-state index in [0.717, 1.165) is 25.2 Å². The molecular formula is C6H13OP. The average Bonchev–Trinajstić information content (AvgIpc) is 1.78. The van der Waals surface area contributed by atoms with Crippen LogP contribution in [0.2, 0.25) is 0 Å². The molecule has 1 nitrogen and oxygen atoms in total. The fraction of sp³-hybridized carbons (Fsp3) is 1.00. The minimum atomic E-state index is -1.74. The largest absolute Gasteiger partial charge is 0.324 e. The fourth-order valence-corrected chi connectivity index (χ4v) is 2.67. The molecule has 0 spiro atoms. The van der Waals surface area contributed by atoms with Crippen LogP contribution in [0.1, 0.15) is 20.6 Å². The maximum atomic E-state index is 11.3. The first-order valence-electron chi connectivity index (χ1n) is 3.66. The summed E-state index contributed by atoms with van der Waals surface area (Å²) in [5.74, 6) is 0. The molecular weight excluding hydrogens is 119 g/mol. The van der Waals surface area contributed by atoms with Crippen LogP contribution < -0.4 is 0 Å². The standard InChI is InChI=1S/C6H13OP/c1-8(7)5-3-2-4-6-8/h2-6H2,1H3/i2D. The zero-order valence-corrected chi connectivity index (χ0v) is 6.16. The molecule has 0 aromatic heterocycles. The molecule has 0 aliphatic carbocycles. The maximum absolute atomic E-state index is 11.3. The predicted octanol–water partition coefficient (Wildman–Crippen LogP) is 2.16. The summed E-state index contributed by atoms with van der Waals surface area (Å²) in [6.45, 7) is 1.86. The lowest BCUT2D eigenvalue weighted by atomic mass is 10.3. The van der Waals surface area contributed by atoms with Gasteiger partial charge in [0, 0.05) is 13.7 Å². The van der Waals surface area contributed by atoms with Crippen molar-refractivity contribution >= 4 is 7.14 Å². The highest BCUT2D eigenvalue weighted by Gasteiger charge is 2.17. The molecule has 1 fully saturated rings. The Morgan fingerprint density at radius 2 is 2.00 bits per heavy atom. The second-order valence-electron chi connectivity index (χ2n) is 2.61. The summed E-state index contributed by atoms with van der Waals surface area (Å²) in [5, 5.41) is 0. The van der Waals surface area contributed by atoms with E-state index in [-0.39, 0.29) is 6.40 Å². The second kappa shape index (κ2) is 2.23. The highest BCUT2D eigenvalue weighted by atomic mass is 31.2.